The van der Waals surface area contributed by atoms with Crippen molar-refractivity contribution in [1.82, 2.24) is 4.98 Å². The normalized spacial score (nSPS) is 15.4. The van der Waals surface area contributed by atoms with Gasteiger partial charge in [-0.3, -0.25) is 0 Å². The van der Waals surface area contributed by atoms with Crippen LogP contribution in [0.2, 0.25) is 0 Å². The van der Waals surface area contributed by atoms with E-state index in [4.69, 9.17) is 10.7 Å². The van der Waals surface area contributed by atoms with Gasteiger partial charge in [0.15, 0.2) is 0 Å². The van der Waals surface area contributed by atoms with Gasteiger partial charge in [-0.25, -0.2) is 4.98 Å². The zero-order valence-corrected chi connectivity index (χ0v) is 12.4. The average molecular weight is 269 g/mol. The van der Waals surface area contributed by atoms with E-state index < -0.39 is 0 Å². The van der Waals surface area contributed by atoms with E-state index in [2.05, 4.69) is 49.1 Å². The number of nitrogens with zero attached hydrogens (tertiary/aromatic N) is 2. The molecular weight excluding hydrogens is 246 g/mol. The number of para-hydroxylation sites is 1. The van der Waals surface area contributed by atoms with Crippen molar-refractivity contribution < 1.29 is 0 Å². The van der Waals surface area contributed by atoms with Gasteiger partial charge in [0.2, 0.25) is 0 Å². The first-order chi connectivity index (χ1) is 9.62. The Bertz CT molecular complexity index is 619. The molecule has 1 aromatic carbocycles. The fourth-order valence-electron chi connectivity index (χ4n) is 3.18. The highest BCUT2D eigenvalue weighted by molar-refractivity contribution is 5.82. The zero-order valence-electron chi connectivity index (χ0n) is 12.4. The van der Waals surface area contributed by atoms with E-state index in [1.165, 1.54) is 17.4 Å². The van der Waals surface area contributed by atoms with E-state index in [0.29, 0.717) is 6.54 Å². The molecule has 106 valence electrons. The first-order valence-electron chi connectivity index (χ1n) is 7.48. The molecule has 2 aromatic rings. The van der Waals surface area contributed by atoms with Crippen LogP contribution < -0.4 is 10.6 Å². The van der Waals surface area contributed by atoms with Gasteiger partial charge in [-0.05, 0) is 57.4 Å². The lowest BCUT2D eigenvalue weighted by atomic mass is 9.93. The van der Waals surface area contributed by atoms with E-state index in [0.717, 1.165) is 30.7 Å². The van der Waals surface area contributed by atoms with E-state index >= 15 is 0 Å². The Morgan fingerprint density at radius 1 is 1.30 bits per heavy atom. The van der Waals surface area contributed by atoms with Gasteiger partial charge >= 0.3 is 0 Å². The summed E-state index contributed by atoms with van der Waals surface area (Å²) in [5, 5.41) is 1.24. The van der Waals surface area contributed by atoms with Gasteiger partial charge < -0.3 is 10.6 Å². The number of hydrogen-bond acceptors (Lipinski definition) is 3. The number of aromatic nitrogens is 1. The van der Waals surface area contributed by atoms with E-state index in [-0.39, 0.29) is 5.54 Å². The topological polar surface area (TPSA) is 42.1 Å². The molecule has 0 amide bonds. The maximum absolute atomic E-state index is 5.78. The second-order valence-corrected chi connectivity index (χ2v) is 6.27. The third-order valence-corrected chi connectivity index (χ3v) is 4.35. The molecule has 0 aliphatic carbocycles. The monoisotopic (exact) mass is 269 g/mol. The highest BCUT2D eigenvalue weighted by atomic mass is 15.2. The third-order valence-electron chi connectivity index (χ3n) is 4.35. The molecule has 2 N–H and O–H groups in total. The first kappa shape index (κ1) is 13.4. The van der Waals surface area contributed by atoms with Gasteiger partial charge in [0.25, 0.3) is 0 Å². The molecule has 0 unspecified atom stereocenters. The molecule has 1 aliphatic rings. The van der Waals surface area contributed by atoms with Crippen LogP contribution in [0.5, 0.6) is 0 Å². The maximum Gasteiger partial charge on any atom is 0.132 e. The Morgan fingerprint density at radius 3 is 2.90 bits per heavy atom. The number of anilines is 1. The molecule has 3 heteroatoms. The smallest absolute Gasteiger partial charge is 0.132 e. The lowest BCUT2D eigenvalue weighted by Crippen LogP contribution is -2.48. The van der Waals surface area contributed by atoms with E-state index in [9.17, 15) is 0 Å². The van der Waals surface area contributed by atoms with Crippen molar-refractivity contribution >= 4 is 16.7 Å². The summed E-state index contributed by atoms with van der Waals surface area (Å²) in [5.74, 6) is 1.16. The van der Waals surface area contributed by atoms with Crippen LogP contribution >= 0.6 is 0 Å². The fourth-order valence-corrected chi connectivity index (χ4v) is 3.18. The highest BCUT2D eigenvalue weighted by Crippen LogP contribution is 2.34. The van der Waals surface area contributed by atoms with E-state index in [1.807, 2.05) is 0 Å². The van der Waals surface area contributed by atoms with Crippen molar-refractivity contribution in [3.63, 3.8) is 0 Å². The van der Waals surface area contributed by atoms with Crippen molar-refractivity contribution in [1.29, 1.82) is 0 Å². The summed E-state index contributed by atoms with van der Waals surface area (Å²) < 4.78 is 0. The van der Waals surface area contributed by atoms with E-state index in [1.54, 1.807) is 0 Å². The third kappa shape index (κ3) is 2.27. The minimum absolute atomic E-state index is 0.0688. The number of pyridine rings is 1. The minimum Gasteiger partial charge on any atom is -0.351 e. The van der Waals surface area contributed by atoms with Crippen LogP contribution in [0.15, 0.2) is 30.3 Å². The number of rotatable bonds is 3. The van der Waals surface area contributed by atoms with Crippen LogP contribution in [0.3, 0.4) is 0 Å². The maximum atomic E-state index is 5.78. The molecule has 20 heavy (non-hydrogen) atoms. The van der Waals surface area contributed by atoms with Crippen LogP contribution in [0.4, 0.5) is 5.82 Å². The molecular formula is C17H23N3. The average Bonchev–Trinajstić information content (AvgIpc) is 2.44. The van der Waals surface area contributed by atoms with Crippen molar-refractivity contribution in [3.8, 4) is 0 Å². The SMILES string of the molecule is CC(C)(CCN)N1CCCc2cc3ccccc3nc21. The molecule has 1 aromatic heterocycles. The van der Waals surface area contributed by atoms with Crippen molar-refractivity contribution in [3.05, 3.63) is 35.9 Å². The second kappa shape index (κ2) is 5.06. The predicted octanol–water partition coefficient (Wildman–Crippen LogP) is 3.11. The van der Waals surface area contributed by atoms with Crippen molar-refractivity contribution in [2.75, 3.05) is 18.0 Å². The molecule has 3 rings (SSSR count). The number of fused-ring (bicyclic) bond motifs is 2. The van der Waals surface area contributed by atoms with Crippen molar-refractivity contribution in [2.45, 2.75) is 38.6 Å². The first-order valence-corrected chi connectivity index (χ1v) is 7.48. The lowest BCUT2D eigenvalue weighted by molar-refractivity contribution is 0.416. The minimum atomic E-state index is 0.0688. The summed E-state index contributed by atoms with van der Waals surface area (Å²) in [4.78, 5) is 7.38. The molecule has 0 saturated carbocycles. The Hall–Kier alpha value is -1.61. The summed E-state index contributed by atoms with van der Waals surface area (Å²) in [6, 6.07) is 10.7. The standard InChI is InChI=1S/C17H23N3/c1-17(2,9-10-18)20-11-5-7-14-12-13-6-3-4-8-15(13)19-16(14)20/h3-4,6,8,12H,5,7,9-11,18H2,1-2H3. The van der Waals surface area contributed by atoms with Crippen LogP contribution in [0.25, 0.3) is 10.9 Å². The molecule has 0 spiro atoms. The highest BCUT2D eigenvalue weighted by Gasteiger charge is 2.31. The molecule has 3 nitrogen and oxygen atoms in total. The van der Waals surface area contributed by atoms with Gasteiger partial charge in [-0.2, -0.15) is 0 Å². The zero-order chi connectivity index (χ0) is 14.2. The molecule has 1 aliphatic heterocycles. The summed E-state index contributed by atoms with van der Waals surface area (Å²) in [7, 11) is 0. The second-order valence-electron chi connectivity index (χ2n) is 6.27. The lowest BCUT2D eigenvalue weighted by Gasteiger charge is -2.43. The van der Waals surface area contributed by atoms with Crippen LogP contribution in [-0.2, 0) is 6.42 Å². The molecule has 0 atom stereocenters. The van der Waals surface area contributed by atoms with Gasteiger partial charge in [0.1, 0.15) is 5.82 Å². The Balaban J connectivity index is 2.09. The largest absolute Gasteiger partial charge is 0.351 e. The Morgan fingerprint density at radius 2 is 2.10 bits per heavy atom. The Kier molecular flexibility index (Phi) is 3.38. The van der Waals surface area contributed by atoms with Crippen LogP contribution in [0, 0.1) is 0 Å². The summed E-state index contributed by atoms with van der Waals surface area (Å²) in [5.41, 5.74) is 8.31. The van der Waals surface area contributed by atoms with Gasteiger partial charge in [-0.15, -0.1) is 0 Å². The molecule has 0 saturated heterocycles. The van der Waals surface area contributed by atoms with Crippen LogP contribution in [0.1, 0.15) is 32.3 Å². The summed E-state index contributed by atoms with van der Waals surface area (Å²) in [6.45, 7) is 6.33. The Labute approximate surface area is 120 Å². The van der Waals surface area contributed by atoms with Gasteiger partial charge in [-0.1, -0.05) is 18.2 Å². The summed E-state index contributed by atoms with van der Waals surface area (Å²) in [6.07, 6.45) is 3.31. The number of benzene rings is 1. The fraction of sp³-hybridized carbons (Fsp3) is 0.471. The quantitative estimate of drug-likeness (QED) is 0.931. The molecule has 0 fully saturated rings. The number of nitrogens with two attached hydrogens (primary N) is 1. The van der Waals surface area contributed by atoms with Gasteiger partial charge in [0.05, 0.1) is 5.52 Å². The molecule has 0 bridgehead atoms. The number of hydrogen-bond donors (Lipinski definition) is 1. The predicted molar refractivity (Wildman–Crippen MR) is 85.2 cm³/mol. The van der Waals surface area contributed by atoms with Crippen LogP contribution in [-0.4, -0.2) is 23.6 Å². The van der Waals surface area contributed by atoms with Crippen molar-refractivity contribution in [2.24, 2.45) is 5.73 Å². The molecule has 2 heterocycles. The molecule has 0 radical (unpaired) electrons. The number of aryl methyl sites for hydroxylation is 1. The van der Waals surface area contributed by atoms with Gasteiger partial charge in [0, 0.05) is 17.5 Å². The summed E-state index contributed by atoms with van der Waals surface area (Å²) >= 11 is 0.